The minimum Gasteiger partial charge on any atom is -0.438 e. The molecule has 3 saturated heterocycles. The number of rotatable bonds is 3. The van der Waals surface area contributed by atoms with Crippen LogP contribution in [0, 0.1) is 5.92 Å². The van der Waals surface area contributed by atoms with Crippen LogP contribution in [0.4, 0.5) is 4.79 Å². The Bertz CT molecular complexity index is 546. The number of hydrogen-bond acceptors (Lipinski definition) is 7. The van der Waals surface area contributed by atoms with Crippen molar-refractivity contribution in [3.8, 4) is 0 Å². The molecule has 0 aromatic rings. The molecule has 3 fully saturated rings. The van der Waals surface area contributed by atoms with Crippen molar-refractivity contribution >= 4 is 17.8 Å². The first-order valence-corrected chi connectivity index (χ1v) is 7.79. The molecule has 0 spiro atoms. The molecule has 128 valence electrons. The summed E-state index contributed by atoms with van der Waals surface area (Å²) in [4.78, 5) is 37.2. The van der Waals surface area contributed by atoms with Crippen LogP contribution in [0.1, 0.15) is 34.1 Å². The van der Waals surface area contributed by atoms with Crippen molar-refractivity contribution in [2.75, 3.05) is 6.61 Å². The highest BCUT2D eigenvalue weighted by molar-refractivity contribution is 6.06. The Labute approximate surface area is 134 Å². The lowest BCUT2D eigenvalue weighted by molar-refractivity contribution is -0.301. The number of ether oxygens (including phenoxy) is 4. The molecule has 0 aromatic carbocycles. The van der Waals surface area contributed by atoms with Gasteiger partial charge in [-0.05, 0) is 20.8 Å². The van der Waals surface area contributed by atoms with E-state index in [1.54, 1.807) is 20.8 Å². The van der Waals surface area contributed by atoms with Crippen LogP contribution in [0.2, 0.25) is 0 Å². The quantitative estimate of drug-likeness (QED) is 0.709. The summed E-state index contributed by atoms with van der Waals surface area (Å²) < 4.78 is 22.4. The Morgan fingerprint density at radius 1 is 1.35 bits per heavy atom. The molecule has 0 N–H and O–H groups in total. The van der Waals surface area contributed by atoms with Crippen LogP contribution >= 0.6 is 0 Å². The predicted octanol–water partition coefficient (Wildman–Crippen LogP) is 0.825. The van der Waals surface area contributed by atoms with E-state index in [4.69, 9.17) is 18.9 Å². The van der Waals surface area contributed by atoms with Crippen LogP contribution in [0.5, 0.6) is 0 Å². The number of nitrogens with zero attached hydrogens (tertiary/aromatic N) is 1. The molecule has 0 radical (unpaired) electrons. The van der Waals surface area contributed by atoms with E-state index in [1.165, 1.54) is 6.92 Å². The lowest BCUT2D eigenvalue weighted by Gasteiger charge is -2.37. The first-order valence-electron chi connectivity index (χ1n) is 7.79. The van der Waals surface area contributed by atoms with Crippen molar-refractivity contribution in [3.05, 3.63) is 0 Å². The molecular formula is C15H21NO7. The fraction of sp³-hybridized carbons (Fsp3) is 0.800. The third-order valence-corrected chi connectivity index (χ3v) is 4.43. The van der Waals surface area contributed by atoms with E-state index in [1.807, 2.05) is 0 Å². The van der Waals surface area contributed by atoms with Gasteiger partial charge >= 0.3 is 6.09 Å². The summed E-state index contributed by atoms with van der Waals surface area (Å²) in [6.45, 7) is 6.97. The molecule has 5 atom stereocenters. The fourth-order valence-corrected chi connectivity index (χ4v) is 3.11. The Morgan fingerprint density at radius 3 is 2.70 bits per heavy atom. The van der Waals surface area contributed by atoms with Crippen LogP contribution < -0.4 is 0 Å². The number of fused-ring (bicyclic) bond motifs is 3. The van der Waals surface area contributed by atoms with E-state index in [2.05, 4.69) is 0 Å². The summed E-state index contributed by atoms with van der Waals surface area (Å²) in [6, 6.07) is 0. The van der Waals surface area contributed by atoms with Gasteiger partial charge in [-0.15, -0.1) is 0 Å². The molecule has 3 rings (SSSR count). The summed E-state index contributed by atoms with van der Waals surface area (Å²) >= 11 is 0. The maximum Gasteiger partial charge on any atom is 0.419 e. The lowest BCUT2D eigenvalue weighted by atomic mass is 10.0. The summed E-state index contributed by atoms with van der Waals surface area (Å²) in [5.41, 5.74) is 0. The van der Waals surface area contributed by atoms with E-state index < -0.39 is 48.2 Å². The van der Waals surface area contributed by atoms with E-state index in [-0.39, 0.29) is 18.8 Å². The van der Waals surface area contributed by atoms with Gasteiger partial charge in [-0.3, -0.25) is 9.59 Å². The number of amides is 2. The average Bonchev–Trinajstić information content (AvgIpc) is 2.99. The van der Waals surface area contributed by atoms with Crippen LogP contribution in [0.3, 0.4) is 0 Å². The number of Topliss-reactive ketones (excluding diaryl/α,β-unsaturated/α-hetero) is 1. The SMILES string of the molecule is CCC(=O)[C@@H](C)C(=O)N1C(=O)O[C@@H]2[C@H]3OC(C)(C)OC[C@H]3O[C@@H]21. The molecule has 0 saturated carbocycles. The van der Waals surface area contributed by atoms with Crippen LogP contribution in [-0.4, -0.2) is 59.6 Å². The zero-order valence-electron chi connectivity index (χ0n) is 13.6. The van der Waals surface area contributed by atoms with E-state index in [9.17, 15) is 14.4 Å². The van der Waals surface area contributed by atoms with Gasteiger partial charge in [0, 0.05) is 6.42 Å². The molecule has 23 heavy (non-hydrogen) atoms. The van der Waals surface area contributed by atoms with Crippen LogP contribution in [0.25, 0.3) is 0 Å². The van der Waals surface area contributed by atoms with Crippen molar-refractivity contribution in [1.82, 2.24) is 4.90 Å². The molecule has 8 nitrogen and oxygen atoms in total. The summed E-state index contributed by atoms with van der Waals surface area (Å²) in [6.07, 6.45) is -3.08. The Morgan fingerprint density at radius 2 is 2.04 bits per heavy atom. The number of carbonyl (C=O) groups is 3. The fourth-order valence-electron chi connectivity index (χ4n) is 3.11. The Hall–Kier alpha value is -1.51. The molecule has 3 aliphatic heterocycles. The lowest BCUT2D eigenvalue weighted by Crippen LogP contribution is -2.50. The van der Waals surface area contributed by atoms with Crippen molar-refractivity contribution in [1.29, 1.82) is 0 Å². The average molecular weight is 327 g/mol. The number of imide groups is 1. The van der Waals surface area contributed by atoms with Gasteiger partial charge < -0.3 is 18.9 Å². The molecular weight excluding hydrogens is 306 g/mol. The highest BCUT2D eigenvalue weighted by Crippen LogP contribution is 2.39. The molecule has 0 bridgehead atoms. The van der Waals surface area contributed by atoms with Crippen LogP contribution in [-0.2, 0) is 28.5 Å². The molecule has 0 aliphatic carbocycles. The molecule has 8 heteroatoms. The van der Waals surface area contributed by atoms with Crippen molar-refractivity contribution < 1.29 is 33.3 Å². The van der Waals surface area contributed by atoms with E-state index in [0.29, 0.717) is 0 Å². The van der Waals surface area contributed by atoms with Crippen LogP contribution in [0.15, 0.2) is 0 Å². The zero-order chi connectivity index (χ0) is 16.9. The van der Waals surface area contributed by atoms with Gasteiger partial charge in [0.2, 0.25) is 5.91 Å². The minimum absolute atomic E-state index is 0.223. The highest BCUT2D eigenvalue weighted by atomic mass is 16.8. The van der Waals surface area contributed by atoms with Crippen molar-refractivity contribution in [2.24, 2.45) is 5.92 Å². The third-order valence-electron chi connectivity index (χ3n) is 4.43. The monoisotopic (exact) mass is 327 g/mol. The van der Waals surface area contributed by atoms with Gasteiger partial charge in [-0.1, -0.05) is 6.92 Å². The minimum atomic E-state index is -0.911. The van der Waals surface area contributed by atoms with Crippen molar-refractivity contribution in [3.63, 3.8) is 0 Å². The molecule has 0 aromatic heterocycles. The van der Waals surface area contributed by atoms with Gasteiger partial charge in [0.1, 0.15) is 18.0 Å². The van der Waals surface area contributed by atoms with E-state index in [0.717, 1.165) is 4.90 Å². The number of ketones is 1. The number of hydrogen-bond donors (Lipinski definition) is 0. The Kier molecular flexibility index (Phi) is 3.94. The van der Waals surface area contributed by atoms with Crippen molar-refractivity contribution in [2.45, 2.75) is 64.4 Å². The predicted molar refractivity (Wildman–Crippen MR) is 75.1 cm³/mol. The first kappa shape index (κ1) is 16.4. The van der Waals surface area contributed by atoms with Gasteiger partial charge in [0.25, 0.3) is 0 Å². The first-order chi connectivity index (χ1) is 10.7. The third kappa shape index (κ3) is 2.64. The molecule has 2 amide bonds. The molecule has 3 aliphatic rings. The summed E-state index contributed by atoms with van der Waals surface area (Å²) in [5.74, 6) is -2.56. The topological polar surface area (TPSA) is 91.4 Å². The Balaban J connectivity index is 1.79. The second-order valence-electron chi connectivity index (χ2n) is 6.46. The second-order valence-corrected chi connectivity index (χ2v) is 6.46. The second kappa shape index (κ2) is 5.54. The molecule has 3 heterocycles. The van der Waals surface area contributed by atoms with Gasteiger partial charge in [0.05, 0.1) is 12.5 Å². The zero-order valence-corrected chi connectivity index (χ0v) is 13.6. The van der Waals surface area contributed by atoms with Gasteiger partial charge in [-0.2, -0.15) is 0 Å². The summed E-state index contributed by atoms with van der Waals surface area (Å²) in [7, 11) is 0. The van der Waals surface area contributed by atoms with E-state index >= 15 is 0 Å². The largest absolute Gasteiger partial charge is 0.438 e. The summed E-state index contributed by atoms with van der Waals surface area (Å²) in [5, 5.41) is 0. The van der Waals surface area contributed by atoms with Gasteiger partial charge in [0.15, 0.2) is 18.1 Å². The maximum absolute atomic E-state index is 12.5. The smallest absolute Gasteiger partial charge is 0.419 e. The normalized spacial score (nSPS) is 36.2. The molecule has 0 unspecified atom stereocenters. The standard InChI is InChI=1S/C15H21NO7/c1-5-8(17)7(2)12(18)16-13-11(22-14(16)19)10-9(21-13)6-20-15(3,4)23-10/h7,9-11,13H,5-6H2,1-4H3/t7-,9-,10+,11-,13+/m1/s1. The van der Waals surface area contributed by atoms with Gasteiger partial charge in [-0.25, -0.2) is 9.69 Å². The number of carbonyl (C=O) groups excluding carboxylic acids is 3. The highest BCUT2D eigenvalue weighted by Gasteiger charge is 2.61. The maximum atomic E-state index is 12.5.